The van der Waals surface area contributed by atoms with Gasteiger partial charge < -0.3 is 5.32 Å². The average molecular weight is 478 g/mol. The summed E-state index contributed by atoms with van der Waals surface area (Å²) in [6.07, 6.45) is 1.90. The van der Waals surface area contributed by atoms with Crippen molar-refractivity contribution in [2.75, 3.05) is 5.32 Å². The zero-order chi connectivity index (χ0) is 23.3. The number of aromatic nitrogens is 1. The molecule has 0 unspecified atom stereocenters. The highest BCUT2D eigenvalue weighted by Gasteiger charge is 2.27. The summed E-state index contributed by atoms with van der Waals surface area (Å²) in [7, 11) is -3.90. The smallest absolute Gasteiger partial charge is 0.244 e. The van der Waals surface area contributed by atoms with Crippen molar-refractivity contribution in [1.29, 1.82) is 0 Å². The number of aryl methyl sites for hydroxylation is 1. The zero-order valence-electron chi connectivity index (χ0n) is 17.9. The molecule has 1 aromatic heterocycles. The van der Waals surface area contributed by atoms with Crippen molar-refractivity contribution >= 4 is 32.4 Å². The second kappa shape index (κ2) is 10.1. The van der Waals surface area contributed by atoms with Crippen LogP contribution < -0.4 is 10.0 Å². The lowest BCUT2D eigenvalue weighted by Gasteiger charge is -2.18. The van der Waals surface area contributed by atoms with Gasteiger partial charge in [-0.2, -0.15) is 4.72 Å². The number of rotatable bonds is 8. The van der Waals surface area contributed by atoms with Gasteiger partial charge in [0.05, 0.1) is 9.77 Å². The minimum absolute atomic E-state index is 0.111. The third-order valence-electron chi connectivity index (χ3n) is 5.02. The van der Waals surface area contributed by atoms with Crippen molar-refractivity contribution in [1.82, 2.24) is 9.71 Å². The second-order valence-corrected chi connectivity index (χ2v) is 10.3. The van der Waals surface area contributed by atoms with Crippen LogP contribution in [0, 0.1) is 6.92 Å². The Balaban J connectivity index is 1.56. The lowest BCUT2D eigenvalue weighted by molar-refractivity contribution is -0.117. The molecular formula is C25H23N3O3S2. The molecule has 33 heavy (non-hydrogen) atoms. The maximum Gasteiger partial charge on any atom is 0.244 e. The summed E-state index contributed by atoms with van der Waals surface area (Å²) in [6, 6.07) is 24.5. The van der Waals surface area contributed by atoms with Crippen molar-refractivity contribution in [2.45, 2.75) is 24.3 Å². The molecule has 1 atom stereocenters. The molecule has 0 saturated carbocycles. The Hall–Kier alpha value is -3.33. The van der Waals surface area contributed by atoms with Crippen LogP contribution in [0.15, 0.2) is 96.0 Å². The summed E-state index contributed by atoms with van der Waals surface area (Å²) >= 11 is 1.33. The van der Waals surface area contributed by atoms with Crippen LogP contribution in [0.1, 0.15) is 11.1 Å². The average Bonchev–Trinajstić information content (AvgIpc) is 3.28. The van der Waals surface area contributed by atoms with E-state index in [9.17, 15) is 13.2 Å². The van der Waals surface area contributed by atoms with Gasteiger partial charge in [-0.3, -0.25) is 4.79 Å². The Kier molecular flexibility index (Phi) is 6.98. The Bertz CT molecular complexity index is 1320. The van der Waals surface area contributed by atoms with E-state index in [-0.39, 0.29) is 11.3 Å². The Morgan fingerprint density at radius 2 is 1.58 bits per heavy atom. The van der Waals surface area contributed by atoms with Gasteiger partial charge in [0.2, 0.25) is 15.9 Å². The predicted octanol–water partition coefficient (Wildman–Crippen LogP) is 4.65. The van der Waals surface area contributed by atoms with Crippen LogP contribution in [-0.2, 0) is 21.2 Å². The summed E-state index contributed by atoms with van der Waals surface area (Å²) in [6.45, 7) is 1.88. The van der Waals surface area contributed by atoms with Crippen molar-refractivity contribution in [3.05, 3.63) is 102 Å². The van der Waals surface area contributed by atoms with Crippen LogP contribution in [0.25, 0.3) is 10.4 Å². The molecule has 0 bridgehead atoms. The molecule has 4 aromatic rings. The van der Waals surface area contributed by atoms with Gasteiger partial charge in [-0.15, -0.1) is 0 Å². The van der Waals surface area contributed by atoms with E-state index >= 15 is 0 Å². The van der Waals surface area contributed by atoms with E-state index in [1.54, 1.807) is 18.3 Å². The number of anilines is 1. The number of nitrogens with zero attached hydrogens (tertiary/aromatic N) is 1. The van der Waals surface area contributed by atoms with E-state index in [1.165, 1.54) is 23.5 Å². The van der Waals surface area contributed by atoms with Crippen molar-refractivity contribution in [2.24, 2.45) is 0 Å². The van der Waals surface area contributed by atoms with Crippen molar-refractivity contribution in [3.8, 4) is 10.4 Å². The van der Waals surface area contributed by atoms with Crippen LogP contribution in [0.4, 0.5) is 5.13 Å². The monoisotopic (exact) mass is 477 g/mol. The molecule has 2 N–H and O–H groups in total. The predicted molar refractivity (Wildman–Crippen MR) is 132 cm³/mol. The molecule has 0 fully saturated rings. The fourth-order valence-corrected chi connectivity index (χ4v) is 5.29. The van der Waals surface area contributed by atoms with Gasteiger partial charge >= 0.3 is 0 Å². The van der Waals surface area contributed by atoms with Crippen LogP contribution in [0.2, 0.25) is 0 Å². The summed E-state index contributed by atoms with van der Waals surface area (Å²) in [5.74, 6) is -0.469. The summed E-state index contributed by atoms with van der Waals surface area (Å²) in [5.41, 5.74) is 2.79. The SMILES string of the molecule is Cc1ccc(S(=O)(=O)N[C@H](Cc2ccccc2)C(=O)Nc2ncc(-c3ccccc3)s2)cc1. The Labute approximate surface area is 197 Å². The maximum atomic E-state index is 13.2. The number of hydrogen-bond donors (Lipinski definition) is 2. The van der Waals surface area contributed by atoms with Crippen LogP contribution in [0.3, 0.4) is 0 Å². The molecule has 1 heterocycles. The van der Waals surface area contributed by atoms with E-state index in [1.807, 2.05) is 67.6 Å². The fourth-order valence-electron chi connectivity index (χ4n) is 3.27. The molecule has 0 aliphatic rings. The van der Waals surface area contributed by atoms with Crippen LogP contribution in [0.5, 0.6) is 0 Å². The summed E-state index contributed by atoms with van der Waals surface area (Å²) in [5, 5.41) is 3.19. The lowest BCUT2D eigenvalue weighted by atomic mass is 10.1. The van der Waals surface area contributed by atoms with Crippen molar-refractivity contribution in [3.63, 3.8) is 0 Å². The van der Waals surface area contributed by atoms with Crippen LogP contribution >= 0.6 is 11.3 Å². The highest BCUT2D eigenvalue weighted by molar-refractivity contribution is 7.89. The first-order valence-corrected chi connectivity index (χ1v) is 12.7. The number of nitrogens with one attached hydrogen (secondary N) is 2. The van der Waals surface area contributed by atoms with E-state index in [4.69, 9.17) is 0 Å². The molecule has 8 heteroatoms. The molecule has 4 rings (SSSR count). The van der Waals surface area contributed by atoms with Gasteiger partial charge in [0.15, 0.2) is 5.13 Å². The number of benzene rings is 3. The van der Waals surface area contributed by atoms with Gasteiger partial charge in [-0.05, 0) is 36.6 Å². The highest BCUT2D eigenvalue weighted by atomic mass is 32.2. The van der Waals surface area contributed by atoms with Gasteiger partial charge in [-0.25, -0.2) is 13.4 Å². The van der Waals surface area contributed by atoms with E-state index in [2.05, 4.69) is 15.0 Å². The molecule has 0 radical (unpaired) electrons. The normalized spacial score (nSPS) is 12.3. The maximum absolute atomic E-state index is 13.2. The molecule has 0 saturated heterocycles. The van der Waals surface area contributed by atoms with Crippen LogP contribution in [-0.4, -0.2) is 25.4 Å². The van der Waals surface area contributed by atoms with Crippen molar-refractivity contribution < 1.29 is 13.2 Å². The molecule has 6 nitrogen and oxygen atoms in total. The largest absolute Gasteiger partial charge is 0.301 e. The first-order valence-electron chi connectivity index (χ1n) is 10.4. The van der Waals surface area contributed by atoms with E-state index in [0.717, 1.165) is 21.6 Å². The molecule has 0 aliphatic heterocycles. The van der Waals surface area contributed by atoms with E-state index in [0.29, 0.717) is 5.13 Å². The second-order valence-electron chi connectivity index (χ2n) is 7.56. The number of sulfonamides is 1. The third kappa shape index (κ3) is 5.92. The van der Waals surface area contributed by atoms with Gasteiger partial charge in [0, 0.05) is 6.20 Å². The number of carbonyl (C=O) groups excluding carboxylic acids is 1. The quantitative estimate of drug-likeness (QED) is 0.387. The Morgan fingerprint density at radius 1 is 0.939 bits per heavy atom. The molecular weight excluding hydrogens is 454 g/mol. The number of amides is 1. The lowest BCUT2D eigenvalue weighted by Crippen LogP contribution is -2.45. The summed E-state index contributed by atoms with van der Waals surface area (Å²) < 4.78 is 28.5. The van der Waals surface area contributed by atoms with Gasteiger partial charge in [-0.1, -0.05) is 89.7 Å². The fraction of sp³-hybridized carbons (Fsp3) is 0.120. The molecule has 0 aliphatic carbocycles. The first kappa shape index (κ1) is 22.8. The number of hydrogen-bond acceptors (Lipinski definition) is 5. The minimum Gasteiger partial charge on any atom is -0.301 e. The molecule has 1 amide bonds. The zero-order valence-corrected chi connectivity index (χ0v) is 19.6. The first-order chi connectivity index (χ1) is 15.9. The third-order valence-corrected chi connectivity index (χ3v) is 7.47. The Morgan fingerprint density at radius 3 is 2.24 bits per heavy atom. The molecule has 168 valence electrons. The minimum atomic E-state index is -3.90. The van der Waals surface area contributed by atoms with Gasteiger partial charge in [0.25, 0.3) is 0 Å². The number of thiazole rings is 1. The number of carbonyl (C=O) groups is 1. The highest BCUT2D eigenvalue weighted by Crippen LogP contribution is 2.28. The van der Waals surface area contributed by atoms with Gasteiger partial charge in [0.1, 0.15) is 6.04 Å². The standard InChI is InChI=1S/C25H23N3O3S2/c1-18-12-14-21(15-13-18)33(30,31)28-22(16-19-8-4-2-5-9-19)24(29)27-25-26-17-23(32-25)20-10-6-3-7-11-20/h2-15,17,22,28H,16H2,1H3,(H,26,27,29)/t22-/m1/s1. The topological polar surface area (TPSA) is 88.2 Å². The molecule has 3 aromatic carbocycles. The van der Waals surface area contributed by atoms with E-state index < -0.39 is 22.0 Å². The molecule has 0 spiro atoms. The summed E-state index contributed by atoms with van der Waals surface area (Å²) in [4.78, 5) is 18.5.